The van der Waals surface area contributed by atoms with Crippen LogP contribution in [-0.2, 0) is 0 Å². The third kappa shape index (κ3) is 2.18. The van der Waals surface area contributed by atoms with Gasteiger partial charge in [-0.05, 0) is 24.3 Å². The van der Waals surface area contributed by atoms with Crippen LogP contribution in [-0.4, -0.2) is 15.7 Å². The SMILES string of the molecule is N#Cc1cn(-c2ccc(Cl)cc2)nc1C(=O)NN. The molecule has 0 fully saturated rings. The third-order valence-corrected chi connectivity index (χ3v) is 2.52. The molecule has 1 aromatic carbocycles. The Morgan fingerprint density at radius 1 is 1.44 bits per heavy atom. The number of amides is 1. The summed E-state index contributed by atoms with van der Waals surface area (Å²) >= 11 is 5.77. The Labute approximate surface area is 108 Å². The van der Waals surface area contributed by atoms with Gasteiger partial charge >= 0.3 is 0 Å². The molecule has 7 heteroatoms. The van der Waals surface area contributed by atoms with E-state index < -0.39 is 5.91 Å². The molecule has 90 valence electrons. The molecule has 0 radical (unpaired) electrons. The van der Waals surface area contributed by atoms with Gasteiger partial charge in [0.2, 0.25) is 0 Å². The molecule has 3 N–H and O–H groups in total. The quantitative estimate of drug-likeness (QED) is 0.479. The Bertz CT molecular complexity index is 626. The smallest absolute Gasteiger partial charge is 0.287 e. The van der Waals surface area contributed by atoms with E-state index in [1.54, 1.807) is 24.3 Å². The van der Waals surface area contributed by atoms with Crippen molar-refractivity contribution in [3.63, 3.8) is 0 Å². The Morgan fingerprint density at radius 3 is 2.67 bits per heavy atom. The molecule has 2 aromatic rings. The number of halogens is 1. The number of hydrogen-bond acceptors (Lipinski definition) is 4. The predicted octanol–water partition coefficient (Wildman–Crippen LogP) is 1.00. The topological polar surface area (TPSA) is 96.7 Å². The normalized spacial score (nSPS) is 9.83. The van der Waals surface area contributed by atoms with Crippen LogP contribution >= 0.6 is 11.6 Å². The van der Waals surface area contributed by atoms with Crippen molar-refractivity contribution in [3.05, 3.63) is 46.7 Å². The van der Waals surface area contributed by atoms with Gasteiger partial charge in [-0.3, -0.25) is 10.2 Å². The molecular weight excluding hydrogens is 254 g/mol. The van der Waals surface area contributed by atoms with Crippen molar-refractivity contribution in [2.24, 2.45) is 5.84 Å². The Kier molecular flexibility index (Phi) is 3.28. The molecule has 0 atom stereocenters. The Hall–Kier alpha value is -2.36. The van der Waals surface area contributed by atoms with Crippen molar-refractivity contribution in [3.8, 4) is 11.8 Å². The summed E-state index contributed by atoms with van der Waals surface area (Å²) in [5.41, 5.74) is 2.76. The molecule has 0 bridgehead atoms. The number of carbonyl (C=O) groups is 1. The first-order chi connectivity index (χ1) is 8.65. The van der Waals surface area contributed by atoms with Gasteiger partial charge in [-0.15, -0.1) is 0 Å². The standard InChI is InChI=1S/C11H8ClN5O/c12-8-1-3-9(4-2-8)17-6-7(5-13)10(16-17)11(18)15-14/h1-4,6H,14H2,(H,15,18). The van der Waals surface area contributed by atoms with Crippen molar-refractivity contribution in [1.29, 1.82) is 5.26 Å². The maximum Gasteiger partial charge on any atom is 0.287 e. The highest BCUT2D eigenvalue weighted by Crippen LogP contribution is 2.15. The van der Waals surface area contributed by atoms with Gasteiger partial charge in [-0.25, -0.2) is 10.5 Å². The Balaban J connectivity index is 2.48. The van der Waals surface area contributed by atoms with E-state index in [1.807, 2.05) is 11.5 Å². The number of benzene rings is 1. The summed E-state index contributed by atoms with van der Waals surface area (Å²) in [7, 11) is 0. The van der Waals surface area contributed by atoms with E-state index in [0.29, 0.717) is 10.7 Å². The van der Waals surface area contributed by atoms with Crippen LogP contribution in [0.4, 0.5) is 0 Å². The monoisotopic (exact) mass is 261 g/mol. The summed E-state index contributed by atoms with van der Waals surface area (Å²) in [6.07, 6.45) is 1.45. The fourth-order valence-corrected chi connectivity index (χ4v) is 1.54. The molecule has 0 saturated heterocycles. The van der Waals surface area contributed by atoms with Crippen molar-refractivity contribution >= 4 is 17.5 Å². The fraction of sp³-hybridized carbons (Fsp3) is 0. The second-order valence-corrected chi connectivity index (χ2v) is 3.83. The van der Waals surface area contributed by atoms with Crippen molar-refractivity contribution in [2.45, 2.75) is 0 Å². The Morgan fingerprint density at radius 2 is 2.11 bits per heavy atom. The van der Waals surface area contributed by atoms with Gasteiger partial charge in [0.25, 0.3) is 5.91 Å². The lowest BCUT2D eigenvalue weighted by atomic mass is 10.2. The number of nitrogens with two attached hydrogens (primary N) is 1. The third-order valence-electron chi connectivity index (χ3n) is 2.27. The zero-order chi connectivity index (χ0) is 13.1. The van der Waals surface area contributed by atoms with Crippen LogP contribution in [0.5, 0.6) is 0 Å². The molecule has 0 unspecified atom stereocenters. The van der Waals surface area contributed by atoms with Crippen LogP contribution in [0.2, 0.25) is 5.02 Å². The molecule has 0 aliphatic rings. The second kappa shape index (κ2) is 4.87. The van der Waals surface area contributed by atoms with E-state index in [2.05, 4.69) is 5.10 Å². The summed E-state index contributed by atoms with van der Waals surface area (Å²) in [5.74, 6) is 4.41. The lowest BCUT2D eigenvalue weighted by Crippen LogP contribution is -2.31. The highest BCUT2D eigenvalue weighted by Gasteiger charge is 2.16. The average Bonchev–Trinajstić information content (AvgIpc) is 2.82. The number of hydrogen-bond donors (Lipinski definition) is 2. The maximum atomic E-state index is 11.4. The average molecular weight is 262 g/mol. The van der Waals surface area contributed by atoms with Crippen molar-refractivity contribution < 1.29 is 4.79 Å². The first-order valence-electron chi connectivity index (χ1n) is 4.92. The fourth-order valence-electron chi connectivity index (χ4n) is 1.42. The molecule has 1 aromatic heterocycles. The van der Waals surface area contributed by atoms with Crippen molar-refractivity contribution in [1.82, 2.24) is 15.2 Å². The van der Waals surface area contributed by atoms with E-state index in [0.717, 1.165) is 0 Å². The number of aromatic nitrogens is 2. The minimum atomic E-state index is -0.612. The highest BCUT2D eigenvalue weighted by atomic mass is 35.5. The van der Waals surface area contributed by atoms with E-state index in [4.69, 9.17) is 22.7 Å². The predicted molar refractivity (Wildman–Crippen MR) is 64.9 cm³/mol. The summed E-state index contributed by atoms with van der Waals surface area (Å²) in [5, 5.41) is 13.5. The maximum absolute atomic E-state index is 11.4. The second-order valence-electron chi connectivity index (χ2n) is 3.40. The molecule has 0 spiro atoms. The molecule has 6 nitrogen and oxygen atoms in total. The van der Waals surface area contributed by atoms with Gasteiger partial charge < -0.3 is 0 Å². The minimum Gasteiger partial charge on any atom is -0.289 e. The van der Waals surface area contributed by atoms with Crippen molar-refractivity contribution in [2.75, 3.05) is 0 Å². The molecule has 0 aliphatic heterocycles. The molecule has 0 aliphatic carbocycles. The number of rotatable bonds is 2. The summed E-state index contributed by atoms with van der Waals surface area (Å²) in [4.78, 5) is 11.4. The van der Waals surface area contributed by atoms with Gasteiger partial charge in [0, 0.05) is 11.2 Å². The molecule has 0 saturated carbocycles. The zero-order valence-corrected chi connectivity index (χ0v) is 9.85. The highest BCUT2D eigenvalue weighted by molar-refractivity contribution is 6.30. The van der Waals surface area contributed by atoms with Crippen LogP contribution in [0.1, 0.15) is 16.1 Å². The number of nitrogens with one attached hydrogen (secondary N) is 1. The number of hydrazine groups is 1. The molecule has 1 amide bonds. The molecule has 18 heavy (non-hydrogen) atoms. The van der Waals surface area contributed by atoms with Gasteiger partial charge in [0.05, 0.1) is 5.69 Å². The van der Waals surface area contributed by atoms with Gasteiger partial charge in [-0.2, -0.15) is 10.4 Å². The van der Waals surface area contributed by atoms with Crippen LogP contribution < -0.4 is 11.3 Å². The van der Waals surface area contributed by atoms with E-state index >= 15 is 0 Å². The van der Waals surface area contributed by atoms with E-state index in [9.17, 15) is 4.79 Å². The van der Waals surface area contributed by atoms with Crippen LogP contribution in [0.25, 0.3) is 5.69 Å². The number of carbonyl (C=O) groups excluding carboxylic acids is 1. The van der Waals surface area contributed by atoms with E-state index in [1.165, 1.54) is 10.9 Å². The van der Waals surface area contributed by atoms with E-state index in [-0.39, 0.29) is 11.3 Å². The summed E-state index contributed by atoms with van der Waals surface area (Å²) in [6, 6.07) is 8.71. The lowest BCUT2D eigenvalue weighted by Gasteiger charge is -2.00. The number of nitrogens with zero attached hydrogens (tertiary/aromatic N) is 3. The molecule has 2 rings (SSSR count). The van der Waals surface area contributed by atoms with Gasteiger partial charge in [0.1, 0.15) is 11.6 Å². The largest absolute Gasteiger partial charge is 0.289 e. The van der Waals surface area contributed by atoms with Gasteiger partial charge in [0.15, 0.2) is 5.69 Å². The number of nitrogen functional groups attached to an aromatic ring is 1. The van der Waals surface area contributed by atoms with Crippen LogP contribution in [0.15, 0.2) is 30.5 Å². The van der Waals surface area contributed by atoms with Gasteiger partial charge in [-0.1, -0.05) is 11.6 Å². The molecule has 1 heterocycles. The first-order valence-corrected chi connectivity index (χ1v) is 5.30. The van der Waals surface area contributed by atoms with Crippen LogP contribution in [0, 0.1) is 11.3 Å². The lowest BCUT2D eigenvalue weighted by molar-refractivity contribution is 0.0948. The summed E-state index contributed by atoms with van der Waals surface area (Å²) in [6.45, 7) is 0. The molecular formula is C11H8ClN5O. The first kappa shape index (κ1) is 12.1. The summed E-state index contributed by atoms with van der Waals surface area (Å²) < 4.78 is 1.42. The van der Waals surface area contributed by atoms with Crippen LogP contribution in [0.3, 0.4) is 0 Å². The minimum absolute atomic E-state index is 0.0186. The number of nitriles is 1. The zero-order valence-electron chi connectivity index (χ0n) is 9.09.